The zero-order valence-electron chi connectivity index (χ0n) is 12.4. The predicted octanol–water partition coefficient (Wildman–Crippen LogP) is 1.43. The lowest BCUT2D eigenvalue weighted by molar-refractivity contribution is 0.0471. The van der Waals surface area contributed by atoms with Crippen LogP contribution in [0.25, 0.3) is 0 Å². The molecule has 6 nitrogen and oxygen atoms in total. The van der Waals surface area contributed by atoms with Crippen LogP contribution in [0.2, 0.25) is 0 Å². The lowest BCUT2D eigenvalue weighted by atomic mass is 10.2. The summed E-state index contributed by atoms with van der Waals surface area (Å²) >= 11 is 0. The van der Waals surface area contributed by atoms with Gasteiger partial charge in [0.15, 0.2) is 6.10 Å². The van der Waals surface area contributed by atoms with Crippen LogP contribution >= 0.6 is 12.4 Å². The number of para-hydroxylation sites is 2. The van der Waals surface area contributed by atoms with E-state index in [1.54, 1.807) is 0 Å². The number of oxime groups is 1. The molecule has 22 heavy (non-hydrogen) atoms. The molecule has 0 aliphatic carbocycles. The third kappa shape index (κ3) is 4.03. The number of nitrogens with two attached hydrogens (primary N) is 1. The van der Waals surface area contributed by atoms with E-state index in [4.69, 9.17) is 20.0 Å². The van der Waals surface area contributed by atoms with Crippen LogP contribution in [0.1, 0.15) is 6.42 Å². The van der Waals surface area contributed by atoms with Crippen molar-refractivity contribution in [2.75, 3.05) is 44.4 Å². The molecule has 0 radical (unpaired) electrons. The Bertz CT molecular complexity index is 507. The smallest absolute Gasteiger partial charge is 0.166 e. The Balaban J connectivity index is 0.00000176. The average Bonchev–Trinajstić information content (AvgIpc) is 3.02. The summed E-state index contributed by atoms with van der Waals surface area (Å²) in [6.07, 6.45) is 0.706. The fourth-order valence-corrected chi connectivity index (χ4v) is 2.52. The normalized spacial score (nSPS) is 20.9. The van der Waals surface area contributed by atoms with Crippen molar-refractivity contribution in [1.82, 2.24) is 0 Å². The molecule has 1 fully saturated rings. The Morgan fingerprint density at radius 3 is 2.77 bits per heavy atom. The van der Waals surface area contributed by atoms with E-state index in [9.17, 15) is 0 Å². The first-order chi connectivity index (χ1) is 10.4. The van der Waals surface area contributed by atoms with Crippen LogP contribution in [-0.2, 0) is 9.57 Å². The minimum Gasteiger partial charge on any atom is -0.487 e. The maximum atomic E-state index is 5.95. The molecule has 7 heteroatoms. The predicted molar refractivity (Wildman–Crippen MR) is 88.2 cm³/mol. The topological polar surface area (TPSA) is 69.3 Å². The van der Waals surface area contributed by atoms with Gasteiger partial charge < -0.3 is 24.9 Å². The molecule has 1 atom stereocenters. The number of hydrogen-bond donors (Lipinski definition) is 1. The van der Waals surface area contributed by atoms with E-state index in [0.717, 1.165) is 49.9 Å². The molecular weight excluding hydrogens is 306 g/mol. The zero-order valence-corrected chi connectivity index (χ0v) is 13.3. The largest absolute Gasteiger partial charge is 0.487 e. The first kappa shape index (κ1) is 16.9. The van der Waals surface area contributed by atoms with E-state index < -0.39 is 0 Å². The number of halogens is 1. The van der Waals surface area contributed by atoms with Crippen molar-refractivity contribution in [3.05, 3.63) is 24.3 Å². The number of ether oxygens (including phenoxy) is 2. The summed E-state index contributed by atoms with van der Waals surface area (Å²) in [5, 5.41) is 3.94. The van der Waals surface area contributed by atoms with Gasteiger partial charge in [-0.15, -0.1) is 12.4 Å². The Kier molecular flexibility index (Phi) is 6.30. The van der Waals surface area contributed by atoms with Crippen LogP contribution in [0.3, 0.4) is 0 Å². The van der Waals surface area contributed by atoms with E-state index in [2.05, 4.69) is 16.1 Å². The highest BCUT2D eigenvalue weighted by molar-refractivity contribution is 5.87. The van der Waals surface area contributed by atoms with E-state index in [1.165, 1.54) is 0 Å². The average molecular weight is 328 g/mol. The molecule has 1 aromatic carbocycles. The van der Waals surface area contributed by atoms with Crippen molar-refractivity contribution in [3.63, 3.8) is 0 Å². The number of nitrogens with zero attached hydrogens (tertiary/aromatic N) is 2. The van der Waals surface area contributed by atoms with Gasteiger partial charge >= 0.3 is 0 Å². The monoisotopic (exact) mass is 327 g/mol. The number of anilines is 1. The molecule has 0 saturated carbocycles. The first-order valence-corrected chi connectivity index (χ1v) is 7.33. The van der Waals surface area contributed by atoms with Crippen LogP contribution < -0.4 is 15.4 Å². The Morgan fingerprint density at radius 2 is 2.05 bits per heavy atom. The van der Waals surface area contributed by atoms with Gasteiger partial charge in [-0.25, -0.2) is 0 Å². The molecule has 0 spiro atoms. The zero-order chi connectivity index (χ0) is 14.5. The second-order valence-electron chi connectivity index (χ2n) is 5.17. The summed E-state index contributed by atoms with van der Waals surface area (Å²) in [5.74, 6) is 0.879. The van der Waals surface area contributed by atoms with Gasteiger partial charge in [0, 0.05) is 26.1 Å². The molecule has 3 rings (SSSR count). The van der Waals surface area contributed by atoms with Crippen LogP contribution in [0, 0.1) is 0 Å². The summed E-state index contributed by atoms with van der Waals surface area (Å²) in [4.78, 5) is 7.60. The minimum atomic E-state index is -0.0405. The number of benzene rings is 1. The van der Waals surface area contributed by atoms with Crippen molar-refractivity contribution >= 4 is 23.8 Å². The molecule has 1 aromatic rings. The summed E-state index contributed by atoms with van der Waals surface area (Å²) in [6, 6.07) is 8.08. The summed E-state index contributed by atoms with van der Waals surface area (Å²) in [7, 11) is 0. The number of hydrogen-bond acceptors (Lipinski definition) is 6. The Hall–Kier alpha value is -1.50. The summed E-state index contributed by atoms with van der Waals surface area (Å²) in [5.41, 5.74) is 7.56. The minimum absolute atomic E-state index is 0. The summed E-state index contributed by atoms with van der Waals surface area (Å²) in [6.45, 7) is 4.22. The van der Waals surface area contributed by atoms with Crippen molar-refractivity contribution < 1.29 is 14.3 Å². The van der Waals surface area contributed by atoms with Crippen molar-refractivity contribution in [2.45, 2.75) is 12.5 Å². The second kappa shape index (κ2) is 8.22. The van der Waals surface area contributed by atoms with E-state index in [-0.39, 0.29) is 18.5 Å². The van der Waals surface area contributed by atoms with Crippen molar-refractivity contribution in [2.24, 2.45) is 10.9 Å². The standard InChI is InChI=1S/C15H21N3O3.ClH/c16-10-12-9-13(21-17-12)11-20-15-4-2-1-3-14(15)18-5-7-19-8-6-18;/h1-4,13H,5-11,16H2;1H. The van der Waals surface area contributed by atoms with Gasteiger partial charge in [0.1, 0.15) is 12.4 Å². The quantitative estimate of drug-likeness (QED) is 0.886. The lowest BCUT2D eigenvalue weighted by Crippen LogP contribution is -2.36. The molecule has 2 aliphatic heterocycles. The first-order valence-electron chi connectivity index (χ1n) is 7.33. The molecule has 0 bridgehead atoms. The van der Waals surface area contributed by atoms with E-state index in [1.807, 2.05) is 18.2 Å². The Morgan fingerprint density at radius 1 is 1.27 bits per heavy atom. The van der Waals surface area contributed by atoms with Crippen LogP contribution in [-0.4, -0.2) is 51.3 Å². The highest BCUT2D eigenvalue weighted by Gasteiger charge is 2.22. The maximum Gasteiger partial charge on any atom is 0.166 e. The maximum absolute atomic E-state index is 5.95. The lowest BCUT2D eigenvalue weighted by Gasteiger charge is -2.30. The fourth-order valence-electron chi connectivity index (χ4n) is 2.52. The number of rotatable bonds is 5. The van der Waals surface area contributed by atoms with Gasteiger partial charge in [-0.3, -0.25) is 0 Å². The van der Waals surface area contributed by atoms with Crippen LogP contribution in [0.4, 0.5) is 5.69 Å². The molecule has 1 unspecified atom stereocenters. The van der Waals surface area contributed by atoms with Gasteiger partial charge in [0.2, 0.25) is 0 Å². The molecule has 122 valence electrons. The molecule has 1 saturated heterocycles. The molecule has 0 amide bonds. The van der Waals surface area contributed by atoms with E-state index in [0.29, 0.717) is 13.2 Å². The highest BCUT2D eigenvalue weighted by atomic mass is 35.5. The molecule has 2 heterocycles. The second-order valence-corrected chi connectivity index (χ2v) is 5.17. The number of morpholine rings is 1. The summed E-state index contributed by atoms with van der Waals surface area (Å²) < 4.78 is 11.3. The van der Waals surface area contributed by atoms with Gasteiger partial charge in [0.05, 0.1) is 24.6 Å². The molecular formula is C15H22ClN3O3. The Labute approximate surface area is 136 Å². The SMILES string of the molecule is Cl.NCC1=NOC(COc2ccccc2N2CCOCC2)C1. The van der Waals surface area contributed by atoms with Crippen LogP contribution in [0.5, 0.6) is 5.75 Å². The molecule has 2 N–H and O–H groups in total. The molecule has 0 aromatic heterocycles. The van der Waals surface area contributed by atoms with Crippen molar-refractivity contribution in [1.29, 1.82) is 0 Å². The highest BCUT2D eigenvalue weighted by Crippen LogP contribution is 2.29. The third-order valence-corrected chi connectivity index (χ3v) is 3.67. The fraction of sp³-hybridized carbons (Fsp3) is 0.533. The van der Waals surface area contributed by atoms with Crippen molar-refractivity contribution in [3.8, 4) is 5.75 Å². The van der Waals surface area contributed by atoms with Gasteiger partial charge in [0.25, 0.3) is 0 Å². The molecule has 2 aliphatic rings. The van der Waals surface area contributed by atoms with Crippen LogP contribution in [0.15, 0.2) is 29.4 Å². The van der Waals surface area contributed by atoms with Gasteiger partial charge in [-0.05, 0) is 12.1 Å². The van der Waals surface area contributed by atoms with E-state index >= 15 is 0 Å². The third-order valence-electron chi connectivity index (χ3n) is 3.67. The van der Waals surface area contributed by atoms with Gasteiger partial charge in [-0.1, -0.05) is 17.3 Å². The van der Waals surface area contributed by atoms with Gasteiger partial charge in [-0.2, -0.15) is 0 Å².